The summed E-state index contributed by atoms with van der Waals surface area (Å²) >= 11 is 2.21. The summed E-state index contributed by atoms with van der Waals surface area (Å²) in [5.41, 5.74) is 6.93. The Morgan fingerprint density at radius 1 is 1.28 bits per heavy atom. The molecule has 1 unspecified atom stereocenters. The number of nitrogen functional groups attached to an aromatic ring is 1. The first-order chi connectivity index (χ1) is 8.31. The van der Waals surface area contributed by atoms with Crippen LogP contribution in [0.4, 0.5) is 5.82 Å². The van der Waals surface area contributed by atoms with Crippen molar-refractivity contribution in [1.29, 1.82) is 0 Å². The van der Waals surface area contributed by atoms with Crippen molar-refractivity contribution >= 4 is 28.4 Å². The van der Waals surface area contributed by atoms with Crippen molar-refractivity contribution in [3.63, 3.8) is 0 Å². The lowest BCUT2D eigenvalue weighted by Gasteiger charge is -2.23. The zero-order chi connectivity index (χ0) is 13.9. The van der Waals surface area contributed by atoms with Crippen LogP contribution < -0.4 is 5.73 Å². The van der Waals surface area contributed by atoms with Gasteiger partial charge in [0.15, 0.2) is 5.82 Å². The summed E-state index contributed by atoms with van der Waals surface area (Å²) in [7, 11) is 0. The van der Waals surface area contributed by atoms with Crippen molar-refractivity contribution in [2.24, 2.45) is 0 Å². The average molecular weight is 363 g/mol. The summed E-state index contributed by atoms with van der Waals surface area (Å²) in [5, 5.41) is 0. The lowest BCUT2D eigenvalue weighted by Crippen LogP contribution is -2.21. The number of nitrogens with two attached hydrogens (primary N) is 1. The standard InChI is InChI=1S/C13H22IN3O/c1-6-8(18-7-2)12-16-10(13(3,4)5)9(14)11(15)17-12/h8H,6-7H2,1-5H3,(H2,15,16,17). The molecule has 0 fully saturated rings. The summed E-state index contributed by atoms with van der Waals surface area (Å²) in [5.74, 6) is 1.24. The van der Waals surface area contributed by atoms with E-state index in [9.17, 15) is 0 Å². The Morgan fingerprint density at radius 3 is 2.33 bits per heavy atom. The van der Waals surface area contributed by atoms with Gasteiger partial charge in [0.05, 0.1) is 9.26 Å². The number of ether oxygens (including phenoxy) is 1. The van der Waals surface area contributed by atoms with Crippen LogP contribution in [0.25, 0.3) is 0 Å². The van der Waals surface area contributed by atoms with E-state index in [0.717, 1.165) is 15.7 Å². The molecule has 4 nitrogen and oxygen atoms in total. The lowest BCUT2D eigenvalue weighted by atomic mass is 9.92. The lowest BCUT2D eigenvalue weighted by molar-refractivity contribution is 0.0532. The van der Waals surface area contributed by atoms with E-state index in [1.54, 1.807) is 0 Å². The molecule has 0 amide bonds. The highest BCUT2D eigenvalue weighted by molar-refractivity contribution is 14.1. The second kappa shape index (κ2) is 6.14. The van der Waals surface area contributed by atoms with Crippen LogP contribution in [0.2, 0.25) is 0 Å². The molecule has 0 aliphatic carbocycles. The summed E-state index contributed by atoms with van der Waals surface area (Å²) in [6.07, 6.45) is 0.771. The molecular weight excluding hydrogens is 341 g/mol. The van der Waals surface area contributed by atoms with Gasteiger partial charge >= 0.3 is 0 Å². The topological polar surface area (TPSA) is 61.0 Å². The predicted octanol–water partition coefficient (Wildman–Crippen LogP) is 3.45. The maximum absolute atomic E-state index is 5.99. The number of hydrogen-bond acceptors (Lipinski definition) is 4. The largest absolute Gasteiger partial charge is 0.383 e. The molecule has 2 N–H and O–H groups in total. The smallest absolute Gasteiger partial charge is 0.159 e. The minimum atomic E-state index is -0.0737. The van der Waals surface area contributed by atoms with Gasteiger partial charge in [0.1, 0.15) is 11.9 Å². The van der Waals surface area contributed by atoms with Gasteiger partial charge in [-0.05, 0) is 35.9 Å². The van der Waals surface area contributed by atoms with Gasteiger partial charge in [-0.1, -0.05) is 27.7 Å². The number of halogens is 1. The Hall–Kier alpha value is -0.430. The number of nitrogens with zero attached hydrogens (tertiary/aromatic N) is 2. The van der Waals surface area contributed by atoms with Gasteiger partial charge in [0.25, 0.3) is 0 Å². The molecule has 0 radical (unpaired) electrons. The van der Waals surface area contributed by atoms with Crippen LogP contribution in [0.1, 0.15) is 58.7 Å². The summed E-state index contributed by atoms with van der Waals surface area (Å²) in [6, 6.07) is 0. The van der Waals surface area contributed by atoms with Crippen LogP contribution in [0, 0.1) is 3.57 Å². The van der Waals surface area contributed by atoms with E-state index in [1.165, 1.54) is 0 Å². The highest BCUT2D eigenvalue weighted by Crippen LogP contribution is 2.30. The van der Waals surface area contributed by atoms with Crippen molar-refractivity contribution in [3.8, 4) is 0 Å². The molecule has 0 spiro atoms. The molecule has 1 atom stereocenters. The Morgan fingerprint density at radius 2 is 1.89 bits per heavy atom. The maximum Gasteiger partial charge on any atom is 0.159 e. The molecule has 0 aromatic carbocycles. The summed E-state index contributed by atoms with van der Waals surface area (Å²) in [6.45, 7) is 11.1. The highest BCUT2D eigenvalue weighted by atomic mass is 127. The second-order valence-corrected chi connectivity index (χ2v) is 6.31. The van der Waals surface area contributed by atoms with Crippen LogP contribution in [-0.4, -0.2) is 16.6 Å². The quantitative estimate of drug-likeness (QED) is 0.833. The first-order valence-corrected chi connectivity index (χ1v) is 7.34. The van der Waals surface area contributed by atoms with Gasteiger partial charge in [-0.3, -0.25) is 0 Å². The van der Waals surface area contributed by atoms with Gasteiger partial charge in [-0.25, -0.2) is 9.97 Å². The Balaban J connectivity index is 3.27. The zero-order valence-corrected chi connectivity index (χ0v) is 13.9. The van der Waals surface area contributed by atoms with Crippen LogP contribution in [0.5, 0.6) is 0 Å². The van der Waals surface area contributed by atoms with E-state index in [4.69, 9.17) is 10.5 Å². The van der Waals surface area contributed by atoms with E-state index >= 15 is 0 Å². The fourth-order valence-corrected chi connectivity index (χ4v) is 2.75. The molecule has 0 saturated heterocycles. The van der Waals surface area contributed by atoms with Crippen LogP contribution in [0.15, 0.2) is 0 Å². The van der Waals surface area contributed by atoms with E-state index in [-0.39, 0.29) is 11.5 Å². The molecular formula is C13H22IN3O. The zero-order valence-electron chi connectivity index (χ0n) is 11.7. The SMILES string of the molecule is CCOC(CC)c1nc(N)c(I)c(C(C)(C)C)n1. The Kier molecular flexibility index (Phi) is 5.33. The third kappa shape index (κ3) is 3.54. The first kappa shape index (κ1) is 15.6. The Labute approximate surface area is 123 Å². The number of rotatable bonds is 4. The molecule has 1 rings (SSSR count). The third-order valence-electron chi connectivity index (χ3n) is 2.63. The molecule has 1 heterocycles. The minimum Gasteiger partial charge on any atom is -0.383 e. The maximum atomic E-state index is 5.99. The molecule has 0 saturated carbocycles. The predicted molar refractivity (Wildman–Crippen MR) is 82.5 cm³/mol. The molecule has 1 aromatic rings. The summed E-state index contributed by atoms with van der Waals surface area (Å²) in [4.78, 5) is 9.04. The van der Waals surface area contributed by atoms with Crippen LogP contribution >= 0.6 is 22.6 Å². The molecule has 18 heavy (non-hydrogen) atoms. The third-order valence-corrected chi connectivity index (χ3v) is 3.69. The summed E-state index contributed by atoms with van der Waals surface area (Å²) < 4.78 is 6.60. The monoisotopic (exact) mass is 363 g/mol. The fraction of sp³-hybridized carbons (Fsp3) is 0.692. The molecule has 0 bridgehead atoms. The normalized spacial score (nSPS) is 13.7. The van der Waals surface area contributed by atoms with E-state index in [0.29, 0.717) is 18.2 Å². The van der Waals surface area contributed by atoms with Gasteiger partial charge < -0.3 is 10.5 Å². The molecule has 1 aromatic heterocycles. The van der Waals surface area contributed by atoms with Gasteiger partial charge in [-0.2, -0.15) is 0 Å². The van der Waals surface area contributed by atoms with Crippen molar-refractivity contribution < 1.29 is 4.74 Å². The van der Waals surface area contributed by atoms with Crippen molar-refractivity contribution in [2.75, 3.05) is 12.3 Å². The Bertz CT molecular complexity index is 415. The molecule has 0 aliphatic heterocycles. The van der Waals surface area contributed by atoms with E-state index in [1.807, 2.05) is 6.92 Å². The number of hydrogen-bond donors (Lipinski definition) is 1. The van der Waals surface area contributed by atoms with Crippen molar-refractivity contribution in [3.05, 3.63) is 15.1 Å². The van der Waals surface area contributed by atoms with E-state index in [2.05, 4.69) is 60.3 Å². The minimum absolute atomic E-state index is 0.0488. The van der Waals surface area contributed by atoms with Gasteiger partial charge in [-0.15, -0.1) is 0 Å². The van der Waals surface area contributed by atoms with Crippen LogP contribution in [-0.2, 0) is 10.2 Å². The van der Waals surface area contributed by atoms with Crippen LogP contribution in [0.3, 0.4) is 0 Å². The van der Waals surface area contributed by atoms with Gasteiger partial charge in [0, 0.05) is 12.0 Å². The van der Waals surface area contributed by atoms with Gasteiger partial charge in [0.2, 0.25) is 0 Å². The van der Waals surface area contributed by atoms with E-state index < -0.39 is 0 Å². The van der Waals surface area contributed by atoms with Crippen molar-refractivity contribution in [1.82, 2.24) is 9.97 Å². The molecule has 0 aliphatic rings. The molecule has 102 valence electrons. The number of aromatic nitrogens is 2. The second-order valence-electron chi connectivity index (χ2n) is 5.23. The average Bonchev–Trinajstić information content (AvgIpc) is 2.28. The first-order valence-electron chi connectivity index (χ1n) is 6.26. The molecule has 5 heteroatoms. The van der Waals surface area contributed by atoms with Crippen molar-refractivity contribution in [2.45, 2.75) is 52.6 Å². The highest BCUT2D eigenvalue weighted by Gasteiger charge is 2.24. The number of anilines is 1. The fourth-order valence-electron chi connectivity index (χ4n) is 1.70.